The molecule has 1 saturated carbocycles. The van der Waals surface area contributed by atoms with Crippen LogP contribution in [0.1, 0.15) is 32.6 Å². The number of anilines is 1. The molecule has 1 aromatic heterocycles. The Hall–Kier alpha value is -2.11. The zero-order chi connectivity index (χ0) is 17.6. The summed E-state index contributed by atoms with van der Waals surface area (Å²) >= 11 is 0. The van der Waals surface area contributed by atoms with E-state index in [4.69, 9.17) is 0 Å². The minimum absolute atomic E-state index is 0.0761. The normalized spacial score (nSPS) is 18.8. The van der Waals surface area contributed by atoms with Crippen LogP contribution in [-0.2, 0) is 9.59 Å². The fourth-order valence-corrected chi connectivity index (χ4v) is 3.39. The number of carbonyl (C=O) groups excluding carboxylic acids is 2. The second-order valence-electron chi connectivity index (χ2n) is 7.17. The number of amides is 2. The quantitative estimate of drug-likeness (QED) is 0.817. The number of aromatic nitrogens is 1. The van der Waals surface area contributed by atoms with Crippen molar-refractivity contribution < 1.29 is 9.59 Å². The monoisotopic (exact) mass is 344 g/mol. The summed E-state index contributed by atoms with van der Waals surface area (Å²) in [5, 5.41) is 2.89. The summed E-state index contributed by atoms with van der Waals surface area (Å²) in [4.78, 5) is 32.6. The minimum Gasteiger partial charge on any atom is -0.356 e. The average molecular weight is 344 g/mol. The molecule has 1 atom stereocenters. The molecular weight excluding hydrogens is 316 g/mol. The van der Waals surface area contributed by atoms with E-state index in [9.17, 15) is 9.59 Å². The third-order valence-electron chi connectivity index (χ3n) is 5.20. The first-order valence-electron chi connectivity index (χ1n) is 9.34. The van der Waals surface area contributed by atoms with E-state index < -0.39 is 0 Å². The van der Waals surface area contributed by atoms with Crippen molar-refractivity contribution in [2.45, 2.75) is 32.6 Å². The Balaban J connectivity index is 1.33. The van der Waals surface area contributed by atoms with Gasteiger partial charge in [0.15, 0.2) is 0 Å². The van der Waals surface area contributed by atoms with Crippen molar-refractivity contribution in [2.24, 2.45) is 11.8 Å². The van der Waals surface area contributed by atoms with Gasteiger partial charge in [0.25, 0.3) is 0 Å². The number of nitrogens with zero attached hydrogens (tertiary/aromatic N) is 3. The van der Waals surface area contributed by atoms with E-state index in [1.165, 1.54) is 12.8 Å². The van der Waals surface area contributed by atoms with Gasteiger partial charge >= 0.3 is 0 Å². The summed E-state index contributed by atoms with van der Waals surface area (Å²) in [6.45, 7) is 5.60. The van der Waals surface area contributed by atoms with Crippen LogP contribution in [0.15, 0.2) is 24.4 Å². The van der Waals surface area contributed by atoms with E-state index in [2.05, 4.69) is 22.1 Å². The molecule has 0 bridgehead atoms. The highest BCUT2D eigenvalue weighted by Crippen LogP contribution is 2.37. The maximum absolute atomic E-state index is 12.3. The fourth-order valence-electron chi connectivity index (χ4n) is 3.39. The molecule has 0 spiro atoms. The number of piperazine rings is 1. The van der Waals surface area contributed by atoms with Gasteiger partial charge in [-0.05, 0) is 36.8 Å². The van der Waals surface area contributed by atoms with Crippen LogP contribution in [-0.4, -0.2) is 54.4 Å². The van der Waals surface area contributed by atoms with Crippen molar-refractivity contribution in [1.29, 1.82) is 0 Å². The summed E-state index contributed by atoms with van der Waals surface area (Å²) in [6, 6.07) is 5.88. The van der Waals surface area contributed by atoms with Gasteiger partial charge in [0.05, 0.1) is 0 Å². The number of carbonyl (C=O) groups is 2. The number of hydrogen-bond acceptors (Lipinski definition) is 4. The first-order valence-corrected chi connectivity index (χ1v) is 9.34. The lowest BCUT2D eigenvalue weighted by atomic mass is 10.0. The predicted octanol–water partition coefficient (Wildman–Crippen LogP) is 1.67. The van der Waals surface area contributed by atoms with Crippen LogP contribution >= 0.6 is 0 Å². The topological polar surface area (TPSA) is 65.5 Å². The molecule has 6 nitrogen and oxygen atoms in total. The molecule has 1 aliphatic heterocycles. The zero-order valence-electron chi connectivity index (χ0n) is 15.0. The molecule has 1 aromatic rings. The second-order valence-corrected chi connectivity index (χ2v) is 7.17. The fraction of sp³-hybridized carbons (Fsp3) is 0.632. The van der Waals surface area contributed by atoms with E-state index in [1.807, 2.05) is 23.1 Å². The van der Waals surface area contributed by atoms with E-state index in [0.717, 1.165) is 24.8 Å². The highest BCUT2D eigenvalue weighted by Gasteiger charge is 2.29. The lowest BCUT2D eigenvalue weighted by molar-refractivity contribution is -0.131. The molecular formula is C19H28N4O2. The molecule has 25 heavy (non-hydrogen) atoms. The average Bonchev–Trinajstić information content (AvgIpc) is 3.48. The highest BCUT2D eigenvalue weighted by atomic mass is 16.2. The van der Waals surface area contributed by atoms with Gasteiger partial charge in [-0.2, -0.15) is 0 Å². The van der Waals surface area contributed by atoms with Crippen molar-refractivity contribution in [3.05, 3.63) is 24.4 Å². The molecule has 3 rings (SSSR count). The molecule has 2 fully saturated rings. The molecule has 2 heterocycles. The van der Waals surface area contributed by atoms with Gasteiger partial charge in [0.2, 0.25) is 11.8 Å². The molecule has 2 amide bonds. The Morgan fingerprint density at radius 3 is 2.64 bits per heavy atom. The summed E-state index contributed by atoms with van der Waals surface area (Å²) in [6.07, 6.45) is 5.28. The van der Waals surface area contributed by atoms with E-state index in [1.54, 1.807) is 6.20 Å². The number of hydrogen-bond donors (Lipinski definition) is 1. The summed E-state index contributed by atoms with van der Waals surface area (Å²) < 4.78 is 0. The molecule has 6 heteroatoms. The minimum atomic E-state index is 0.0761. The predicted molar refractivity (Wildman–Crippen MR) is 97.2 cm³/mol. The van der Waals surface area contributed by atoms with Gasteiger partial charge in [0, 0.05) is 51.8 Å². The standard InChI is InChI=1S/C19H28N4O2/c1-15(16-5-6-16)14-18(24)21-9-7-19(25)23-12-10-22(11-13-23)17-4-2-3-8-20-17/h2-4,8,15-16H,5-7,9-14H2,1H3,(H,21,24)/t15-/m1/s1. The Labute approximate surface area is 149 Å². The Morgan fingerprint density at radius 2 is 2.00 bits per heavy atom. The van der Waals surface area contributed by atoms with Crippen molar-refractivity contribution in [3.8, 4) is 0 Å². The molecule has 0 radical (unpaired) electrons. The maximum atomic E-state index is 12.3. The largest absolute Gasteiger partial charge is 0.356 e. The molecule has 1 aliphatic carbocycles. The van der Waals surface area contributed by atoms with Crippen LogP contribution in [0.3, 0.4) is 0 Å². The lowest BCUT2D eigenvalue weighted by Gasteiger charge is -2.35. The number of pyridine rings is 1. The number of rotatable bonds is 7. The van der Waals surface area contributed by atoms with Crippen LogP contribution in [0.2, 0.25) is 0 Å². The van der Waals surface area contributed by atoms with E-state index in [-0.39, 0.29) is 11.8 Å². The Morgan fingerprint density at radius 1 is 1.24 bits per heavy atom. The molecule has 1 saturated heterocycles. The smallest absolute Gasteiger partial charge is 0.224 e. The summed E-state index contributed by atoms with van der Waals surface area (Å²) in [5.41, 5.74) is 0. The third-order valence-corrected chi connectivity index (χ3v) is 5.20. The van der Waals surface area contributed by atoms with Crippen molar-refractivity contribution in [1.82, 2.24) is 15.2 Å². The Bertz CT molecular complexity index is 580. The lowest BCUT2D eigenvalue weighted by Crippen LogP contribution is -2.49. The van der Waals surface area contributed by atoms with Crippen LogP contribution in [0.4, 0.5) is 5.82 Å². The van der Waals surface area contributed by atoms with Crippen LogP contribution < -0.4 is 10.2 Å². The van der Waals surface area contributed by atoms with Crippen LogP contribution in [0.25, 0.3) is 0 Å². The zero-order valence-corrected chi connectivity index (χ0v) is 15.0. The van der Waals surface area contributed by atoms with Crippen LogP contribution in [0.5, 0.6) is 0 Å². The van der Waals surface area contributed by atoms with Gasteiger partial charge in [0.1, 0.15) is 5.82 Å². The maximum Gasteiger partial charge on any atom is 0.224 e. The van der Waals surface area contributed by atoms with Crippen molar-refractivity contribution >= 4 is 17.6 Å². The van der Waals surface area contributed by atoms with E-state index in [0.29, 0.717) is 38.4 Å². The second kappa shape index (κ2) is 8.32. The van der Waals surface area contributed by atoms with Gasteiger partial charge in [-0.1, -0.05) is 13.0 Å². The van der Waals surface area contributed by atoms with Crippen molar-refractivity contribution in [3.63, 3.8) is 0 Å². The molecule has 2 aliphatic rings. The highest BCUT2D eigenvalue weighted by molar-refractivity contribution is 5.79. The van der Waals surface area contributed by atoms with Gasteiger partial charge < -0.3 is 15.1 Å². The molecule has 1 N–H and O–H groups in total. The van der Waals surface area contributed by atoms with Crippen LogP contribution in [0, 0.1) is 11.8 Å². The SMILES string of the molecule is C[C@H](CC(=O)NCCC(=O)N1CCN(c2ccccn2)CC1)C1CC1. The first-order chi connectivity index (χ1) is 12.1. The van der Waals surface area contributed by atoms with E-state index >= 15 is 0 Å². The van der Waals surface area contributed by atoms with Gasteiger partial charge in [-0.25, -0.2) is 4.98 Å². The summed E-state index contributed by atoms with van der Waals surface area (Å²) in [5.74, 6) is 2.37. The molecule has 136 valence electrons. The molecule has 0 aromatic carbocycles. The first kappa shape index (κ1) is 17.7. The number of nitrogens with one attached hydrogen (secondary N) is 1. The summed E-state index contributed by atoms with van der Waals surface area (Å²) in [7, 11) is 0. The Kier molecular flexibility index (Phi) is 5.89. The van der Waals surface area contributed by atoms with Gasteiger partial charge in [-0.15, -0.1) is 0 Å². The molecule has 0 unspecified atom stereocenters. The third kappa shape index (κ3) is 5.18. The van der Waals surface area contributed by atoms with Gasteiger partial charge in [-0.3, -0.25) is 9.59 Å². The van der Waals surface area contributed by atoms with Crippen molar-refractivity contribution in [2.75, 3.05) is 37.6 Å².